The molecule has 2 rings (SSSR count). The van der Waals surface area contributed by atoms with Gasteiger partial charge in [0.15, 0.2) is 6.10 Å². The molecule has 0 spiro atoms. The molecule has 0 saturated heterocycles. The molecule has 4 nitrogen and oxygen atoms in total. The minimum Gasteiger partial charge on any atom is -0.492 e. The van der Waals surface area contributed by atoms with Crippen molar-refractivity contribution in [2.24, 2.45) is 0 Å². The van der Waals surface area contributed by atoms with Gasteiger partial charge in [-0.2, -0.15) is 0 Å². The minimum atomic E-state index is -0.621. The maximum absolute atomic E-state index is 11.9. The monoisotopic (exact) mass is 353 g/mol. The third kappa shape index (κ3) is 6.00. The third-order valence-electron chi connectivity index (χ3n) is 2.96. The lowest BCUT2D eigenvalue weighted by molar-refractivity contribution is -0.127. The fourth-order valence-corrected chi connectivity index (χ4v) is 2.12. The first-order chi connectivity index (χ1) is 11.0. The van der Waals surface area contributed by atoms with Crippen LogP contribution >= 0.6 is 23.2 Å². The van der Waals surface area contributed by atoms with E-state index < -0.39 is 6.10 Å². The highest BCUT2D eigenvalue weighted by molar-refractivity contribution is 6.30. The Morgan fingerprint density at radius 2 is 1.83 bits per heavy atom. The smallest absolute Gasteiger partial charge is 0.260 e. The number of amides is 1. The molecule has 2 aromatic carbocycles. The number of carbonyl (C=O) groups excluding carboxylic acids is 1. The number of hydrogen-bond acceptors (Lipinski definition) is 3. The minimum absolute atomic E-state index is 0.218. The van der Waals surface area contributed by atoms with Gasteiger partial charge in [0, 0.05) is 10.0 Å². The molecule has 0 radical (unpaired) electrons. The lowest BCUT2D eigenvalue weighted by Crippen LogP contribution is -2.38. The molecule has 1 atom stereocenters. The normalized spacial score (nSPS) is 11.6. The van der Waals surface area contributed by atoms with Crippen LogP contribution in [0.5, 0.6) is 11.5 Å². The Hall–Kier alpha value is -1.91. The second kappa shape index (κ2) is 8.65. The van der Waals surface area contributed by atoms with Crippen molar-refractivity contribution in [2.75, 3.05) is 13.2 Å². The molecule has 1 unspecified atom stereocenters. The number of rotatable bonds is 7. The summed E-state index contributed by atoms with van der Waals surface area (Å²) in [7, 11) is 0. The Balaban J connectivity index is 1.70. The van der Waals surface area contributed by atoms with Gasteiger partial charge in [-0.25, -0.2) is 0 Å². The highest BCUT2D eigenvalue weighted by Gasteiger charge is 2.14. The fraction of sp³-hybridized carbons (Fsp3) is 0.235. The van der Waals surface area contributed by atoms with Crippen molar-refractivity contribution in [1.29, 1.82) is 0 Å². The number of hydrogen-bond donors (Lipinski definition) is 1. The highest BCUT2D eigenvalue weighted by Crippen LogP contribution is 2.18. The zero-order chi connectivity index (χ0) is 16.7. The average molecular weight is 354 g/mol. The van der Waals surface area contributed by atoms with Crippen LogP contribution in [0.1, 0.15) is 6.92 Å². The summed E-state index contributed by atoms with van der Waals surface area (Å²) in [5.41, 5.74) is 0. The van der Waals surface area contributed by atoms with Gasteiger partial charge in [-0.05, 0) is 49.4 Å². The topological polar surface area (TPSA) is 47.6 Å². The summed E-state index contributed by atoms with van der Waals surface area (Å²) in [6.07, 6.45) is -0.621. The van der Waals surface area contributed by atoms with Gasteiger partial charge in [-0.1, -0.05) is 29.3 Å². The number of carbonyl (C=O) groups is 1. The number of ether oxygens (including phenoxy) is 2. The molecular formula is C17H17Cl2NO3. The summed E-state index contributed by atoms with van der Waals surface area (Å²) in [5.74, 6) is 1.04. The van der Waals surface area contributed by atoms with Gasteiger partial charge in [0.2, 0.25) is 0 Å². The van der Waals surface area contributed by atoms with Gasteiger partial charge in [0.1, 0.15) is 18.1 Å². The zero-order valence-electron chi connectivity index (χ0n) is 12.6. The molecule has 0 aliphatic carbocycles. The standard InChI is InChI=1S/C17H17Cl2NO3/c1-12(23-16-4-2-3-14(19)11-16)17(21)20-9-10-22-15-7-5-13(18)6-8-15/h2-8,11-12H,9-10H2,1H3,(H,20,21). The Bertz CT molecular complexity index is 647. The van der Waals surface area contributed by atoms with Gasteiger partial charge in [0.25, 0.3) is 5.91 Å². The van der Waals surface area contributed by atoms with E-state index in [-0.39, 0.29) is 5.91 Å². The number of halogens is 2. The van der Waals surface area contributed by atoms with Crippen molar-refractivity contribution >= 4 is 29.1 Å². The van der Waals surface area contributed by atoms with Crippen molar-refractivity contribution in [3.8, 4) is 11.5 Å². The van der Waals surface area contributed by atoms with Crippen LogP contribution in [0.15, 0.2) is 48.5 Å². The molecule has 122 valence electrons. The molecule has 0 aromatic heterocycles. The number of nitrogens with one attached hydrogen (secondary N) is 1. The molecule has 23 heavy (non-hydrogen) atoms. The van der Waals surface area contributed by atoms with Crippen LogP contribution in [0, 0.1) is 0 Å². The van der Waals surface area contributed by atoms with Crippen molar-refractivity contribution in [1.82, 2.24) is 5.32 Å². The predicted octanol–water partition coefficient (Wildman–Crippen LogP) is 3.96. The van der Waals surface area contributed by atoms with E-state index in [2.05, 4.69) is 5.32 Å². The predicted molar refractivity (Wildman–Crippen MR) is 91.5 cm³/mol. The van der Waals surface area contributed by atoms with E-state index in [1.165, 1.54) is 0 Å². The van der Waals surface area contributed by atoms with Crippen molar-refractivity contribution in [2.45, 2.75) is 13.0 Å². The van der Waals surface area contributed by atoms with Crippen LogP contribution in [-0.2, 0) is 4.79 Å². The first kappa shape index (κ1) is 17.4. The lowest BCUT2D eigenvalue weighted by atomic mass is 10.3. The van der Waals surface area contributed by atoms with E-state index in [0.29, 0.717) is 34.7 Å². The molecule has 0 aliphatic rings. The molecule has 0 saturated carbocycles. The largest absolute Gasteiger partial charge is 0.492 e. The van der Waals surface area contributed by atoms with E-state index in [0.717, 1.165) is 0 Å². The summed E-state index contributed by atoms with van der Waals surface area (Å²) in [4.78, 5) is 11.9. The summed E-state index contributed by atoms with van der Waals surface area (Å²) in [5, 5.41) is 3.96. The van der Waals surface area contributed by atoms with Gasteiger partial charge >= 0.3 is 0 Å². The van der Waals surface area contributed by atoms with Crippen LogP contribution in [0.25, 0.3) is 0 Å². The zero-order valence-corrected chi connectivity index (χ0v) is 14.1. The van der Waals surface area contributed by atoms with Crippen molar-refractivity contribution < 1.29 is 14.3 Å². The molecule has 0 aliphatic heterocycles. The van der Waals surface area contributed by atoms with Crippen LogP contribution < -0.4 is 14.8 Å². The Morgan fingerprint density at radius 3 is 2.52 bits per heavy atom. The molecular weight excluding hydrogens is 337 g/mol. The van der Waals surface area contributed by atoms with E-state index in [1.807, 2.05) is 0 Å². The van der Waals surface area contributed by atoms with Gasteiger partial charge in [0.05, 0.1) is 6.54 Å². The second-order valence-electron chi connectivity index (χ2n) is 4.81. The van der Waals surface area contributed by atoms with Crippen LogP contribution in [0.3, 0.4) is 0 Å². The maximum Gasteiger partial charge on any atom is 0.260 e. The van der Waals surface area contributed by atoms with E-state index >= 15 is 0 Å². The van der Waals surface area contributed by atoms with Crippen LogP contribution in [-0.4, -0.2) is 25.2 Å². The lowest BCUT2D eigenvalue weighted by Gasteiger charge is -2.15. The molecule has 2 aromatic rings. The van der Waals surface area contributed by atoms with Crippen molar-refractivity contribution in [3.63, 3.8) is 0 Å². The summed E-state index contributed by atoms with van der Waals surface area (Å²) < 4.78 is 11.0. The van der Waals surface area contributed by atoms with Gasteiger partial charge in [-0.3, -0.25) is 4.79 Å². The first-order valence-electron chi connectivity index (χ1n) is 7.13. The van der Waals surface area contributed by atoms with E-state index in [4.69, 9.17) is 32.7 Å². The first-order valence-corrected chi connectivity index (χ1v) is 7.88. The highest BCUT2D eigenvalue weighted by atomic mass is 35.5. The fourth-order valence-electron chi connectivity index (χ4n) is 1.82. The molecule has 6 heteroatoms. The molecule has 1 amide bonds. The van der Waals surface area contributed by atoms with Crippen LogP contribution in [0.2, 0.25) is 10.0 Å². The number of benzene rings is 2. The summed E-state index contributed by atoms with van der Waals surface area (Å²) in [6.45, 7) is 2.41. The van der Waals surface area contributed by atoms with Gasteiger partial charge in [-0.15, -0.1) is 0 Å². The Labute approximate surface area is 145 Å². The SMILES string of the molecule is CC(Oc1cccc(Cl)c1)C(=O)NCCOc1ccc(Cl)cc1. The average Bonchev–Trinajstić information content (AvgIpc) is 2.53. The summed E-state index contributed by atoms with van der Waals surface area (Å²) >= 11 is 11.7. The van der Waals surface area contributed by atoms with E-state index in [1.54, 1.807) is 55.5 Å². The van der Waals surface area contributed by atoms with Crippen molar-refractivity contribution in [3.05, 3.63) is 58.6 Å². The van der Waals surface area contributed by atoms with Crippen LogP contribution in [0.4, 0.5) is 0 Å². The summed E-state index contributed by atoms with van der Waals surface area (Å²) in [6, 6.07) is 14.0. The van der Waals surface area contributed by atoms with E-state index in [9.17, 15) is 4.79 Å². The Morgan fingerprint density at radius 1 is 1.09 bits per heavy atom. The quantitative estimate of drug-likeness (QED) is 0.766. The molecule has 0 bridgehead atoms. The third-order valence-corrected chi connectivity index (χ3v) is 3.45. The Kier molecular flexibility index (Phi) is 6.56. The second-order valence-corrected chi connectivity index (χ2v) is 5.68. The molecule has 0 fully saturated rings. The van der Waals surface area contributed by atoms with Gasteiger partial charge < -0.3 is 14.8 Å². The maximum atomic E-state index is 11.9. The molecule has 0 heterocycles. The molecule has 1 N–H and O–H groups in total.